The number of piperidine rings is 1. The molecule has 3 heterocycles. The maximum atomic E-state index is 12.6. The number of aliphatic carboxylic acids is 1. The zero-order chi connectivity index (χ0) is 18.0. The molecular weight excluding hydrogens is 364 g/mol. The Bertz CT molecular complexity index is 752. The van der Waals surface area contributed by atoms with E-state index in [0.29, 0.717) is 37.4 Å². The molecule has 2 saturated heterocycles. The van der Waals surface area contributed by atoms with Crippen molar-refractivity contribution < 1.29 is 23.1 Å². The topological polar surface area (TPSA) is 95.0 Å². The number of carboxylic acids is 1. The van der Waals surface area contributed by atoms with Crippen LogP contribution in [0.3, 0.4) is 0 Å². The number of hydrogen-bond acceptors (Lipinski definition) is 5. The molecule has 1 aromatic rings. The summed E-state index contributed by atoms with van der Waals surface area (Å²) >= 11 is 1.11. The van der Waals surface area contributed by atoms with Crippen molar-refractivity contribution in [3.8, 4) is 0 Å². The molecule has 0 spiro atoms. The Labute approximate surface area is 151 Å². The van der Waals surface area contributed by atoms with Crippen LogP contribution in [0.15, 0.2) is 16.3 Å². The summed E-state index contributed by atoms with van der Waals surface area (Å²) in [5, 5.41) is 9.18. The second kappa shape index (κ2) is 7.43. The molecule has 138 valence electrons. The van der Waals surface area contributed by atoms with E-state index in [1.165, 1.54) is 9.21 Å². The van der Waals surface area contributed by atoms with E-state index >= 15 is 0 Å². The summed E-state index contributed by atoms with van der Waals surface area (Å²) in [4.78, 5) is 25.6. The number of carbonyl (C=O) groups is 2. The monoisotopic (exact) mass is 386 g/mol. The lowest BCUT2D eigenvalue weighted by Gasteiger charge is -2.25. The van der Waals surface area contributed by atoms with E-state index in [-0.39, 0.29) is 16.5 Å². The van der Waals surface area contributed by atoms with E-state index < -0.39 is 22.0 Å². The van der Waals surface area contributed by atoms with Crippen LogP contribution < -0.4 is 0 Å². The number of hydrogen-bond donors (Lipinski definition) is 1. The van der Waals surface area contributed by atoms with Crippen molar-refractivity contribution in [1.29, 1.82) is 0 Å². The maximum Gasteiger partial charge on any atom is 0.326 e. The number of sulfonamides is 1. The Balaban J connectivity index is 1.69. The third-order valence-corrected chi connectivity index (χ3v) is 8.18. The number of thiophene rings is 1. The zero-order valence-electron chi connectivity index (χ0n) is 13.9. The summed E-state index contributed by atoms with van der Waals surface area (Å²) < 4.78 is 27.1. The van der Waals surface area contributed by atoms with E-state index in [0.717, 1.165) is 30.6 Å². The van der Waals surface area contributed by atoms with Crippen LogP contribution in [0.2, 0.25) is 0 Å². The average molecular weight is 386 g/mol. The summed E-state index contributed by atoms with van der Waals surface area (Å²) in [7, 11) is -3.49. The Morgan fingerprint density at radius 3 is 2.52 bits per heavy atom. The number of nitrogens with zero attached hydrogens (tertiary/aromatic N) is 2. The molecule has 0 radical (unpaired) electrons. The summed E-state index contributed by atoms with van der Waals surface area (Å²) in [6.07, 6.45) is 4.01. The predicted molar refractivity (Wildman–Crippen MR) is 93.0 cm³/mol. The lowest BCUT2D eigenvalue weighted by Crippen LogP contribution is -2.41. The van der Waals surface area contributed by atoms with Gasteiger partial charge in [0.05, 0.1) is 6.42 Å². The molecule has 25 heavy (non-hydrogen) atoms. The SMILES string of the molecule is O=C(O)[C@@H]1CCCN1C(=O)Cc1ccc(S(=O)(=O)N2CCCCC2)s1. The second-order valence-corrected chi connectivity index (χ2v) is 9.78. The first-order chi connectivity index (χ1) is 11.9. The number of amides is 1. The van der Waals surface area contributed by atoms with E-state index in [1.54, 1.807) is 12.1 Å². The Kier molecular flexibility index (Phi) is 5.45. The third-order valence-electron chi connectivity index (χ3n) is 4.73. The minimum Gasteiger partial charge on any atom is -0.480 e. The molecular formula is C16H22N2O5S2. The van der Waals surface area contributed by atoms with Gasteiger partial charge in [0.25, 0.3) is 10.0 Å². The quantitative estimate of drug-likeness (QED) is 0.828. The van der Waals surface area contributed by atoms with Gasteiger partial charge < -0.3 is 10.0 Å². The normalized spacial score (nSPS) is 22.2. The number of rotatable bonds is 5. The van der Waals surface area contributed by atoms with Crippen molar-refractivity contribution in [2.24, 2.45) is 0 Å². The van der Waals surface area contributed by atoms with E-state index in [1.807, 2.05) is 0 Å². The molecule has 0 bridgehead atoms. The molecule has 7 nitrogen and oxygen atoms in total. The maximum absolute atomic E-state index is 12.6. The van der Waals surface area contributed by atoms with Crippen LogP contribution >= 0.6 is 11.3 Å². The van der Waals surface area contributed by atoms with Gasteiger partial charge >= 0.3 is 5.97 Å². The second-order valence-electron chi connectivity index (χ2n) is 6.45. The zero-order valence-corrected chi connectivity index (χ0v) is 15.5. The van der Waals surface area contributed by atoms with Gasteiger partial charge in [-0.15, -0.1) is 11.3 Å². The molecule has 0 saturated carbocycles. The van der Waals surface area contributed by atoms with Crippen molar-refractivity contribution in [3.05, 3.63) is 17.0 Å². The van der Waals surface area contributed by atoms with E-state index in [4.69, 9.17) is 0 Å². The van der Waals surface area contributed by atoms with Gasteiger partial charge in [0.1, 0.15) is 10.3 Å². The largest absolute Gasteiger partial charge is 0.480 e. The van der Waals surface area contributed by atoms with Gasteiger partial charge in [-0.05, 0) is 37.8 Å². The standard InChI is InChI=1S/C16H22N2O5S2/c19-14(18-10-4-5-13(18)16(20)21)11-12-6-7-15(24-12)25(22,23)17-8-2-1-3-9-17/h6-7,13H,1-5,8-11H2,(H,20,21)/t13-/m0/s1. The molecule has 2 fully saturated rings. The van der Waals surface area contributed by atoms with Crippen LogP contribution in [0.1, 0.15) is 37.0 Å². The van der Waals surface area contributed by atoms with Crippen LogP contribution in [-0.2, 0) is 26.0 Å². The van der Waals surface area contributed by atoms with Crippen molar-refractivity contribution in [2.75, 3.05) is 19.6 Å². The third kappa shape index (κ3) is 3.88. The van der Waals surface area contributed by atoms with Gasteiger partial charge in [0, 0.05) is 24.5 Å². The Morgan fingerprint density at radius 2 is 1.84 bits per heavy atom. The van der Waals surface area contributed by atoms with Crippen LogP contribution in [0.5, 0.6) is 0 Å². The lowest BCUT2D eigenvalue weighted by atomic mass is 10.2. The molecule has 9 heteroatoms. The minimum absolute atomic E-state index is 0.0456. The Hall–Kier alpha value is -1.45. The van der Waals surface area contributed by atoms with Gasteiger partial charge in [-0.25, -0.2) is 13.2 Å². The van der Waals surface area contributed by atoms with Crippen molar-refractivity contribution in [1.82, 2.24) is 9.21 Å². The van der Waals surface area contributed by atoms with Gasteiger partial charge in [-0.2, -0.15) is 4.31 Å². The molecule has 0 aliphatic carbocycles. The fourth-order valence-corrected chi connectivity index (χ4v) is 6.42. The number of likely N-dealkylation sites (tertiary alicyclic amines) is 1. The van der Waals surface area contributed by atoms with Gasteiger partial charge in [0.2, 0.25) is 5.91 Å². The van der Waals surface area contributed by atoms with Crippen molar-refractivity contribution in [2.45, 2.75) is 48.8 Å². The highest BCUT2D eigenvalue weighted by Crippen LogP contribution is 2.28. The molecule has 1 aromatic heterocycles. The van der Waals surface area contributed by atoms with Gasteiger partial charge in [-0.3, -0.25) is 4.79 Å². The molecule has 1 atom stereocenters. The van der Waals surface area contributed by atoms with Gasteiger partial charge in [-0.1, -0.05) is 6.42 Å². The predicted octanol–water partition coefficient (Wildman–Crippen LogP) is 1.54. The molecule has 1 N–H and O–H groups in total. The first-order valence-electron chi connectivity index (χ1n) is 8.51. The summed E-state index contributed by atoms with van der Waals surface area (Å²) in [5.41, 5.74) is 0. The average Bonchev–Trinajstić information content (AvgIpc) is 3.25. The number of carbonyl (C=O) groups excluding carboxylic acids is 1. The van der Waals surface area contributed by atoms with Crippen molar-refractivity contribution in [3.63, 3.8) is 0 Å². The van der Waals surface area contributed by atoms with Crippen LogP contribution in [0, 0.1) is 0 Å². The van der Waals surface area contributed by atoms with Gasteiger partial charge in [0.15, 0.2) is 0 Å². The first kappa shape index (κ1) is 18.3. The van der Waals surface area contributed by atoms with E-state index in [2.05, 4.69) is 0 Å². The molecule has 2 aliphatic rings. The Morgan fingerprint density at radius 1 is 1.12 bits per heavy atom. The van der Waals surface area contributed by atoms with Crippen LogP contribution in [0.4, 0.5) is 0 Å². The molecule has 2 aliphatic heterocycles. The van der Waals surface area contributed by atoms with Crippen LogP contribution in [-0.4, -0.2) is 60.3 Å². The highest BCUT2D eigenvalue weighted by Gasteiger charge is 2.34. The van der Waals surface area contributed by atoms with E-state index in [9.17, 15) is 23.1 Å². The van der Waals surface area contributed by atoms with Crippen LogP contribution in [0.25, 0.3) is 0 Å². The number of carboxylic acid groups (broad SMARTS) is 1. The highest BCUT2D eigenvalue weighted by molar-refractivity contribution is 7.91. The van der Waals surface area contributed by atoms with Crippen molar-refractivity contribution >= 4 is 33.2 Å². The summed E-state index contributed by atoms with van der Waals surface area (Å²) in [6.45, 7) is 1.53. The molecule has 0 unspecified atom stereocenters. The fourth-order valence-electron chi connectivity index (χ4n) is 3.40. The molecule has 0 aromatic carbocycles. The first-order valence-corrected chi connectivity index (χ1v) is 10.8. The smallest absolute Gasteiger partial charge is 0.326 e. The summed E-state index contributed by atoms with van der Waals surface area (Å²) in [6, 6.07) is 2.45. The molecule has 1 amide bonds. The highest BCUT2D eigenvalue weighted by atomic mass is 32.2. The molecule has 3 rings (SSSR count). The minimum atomic E-state index is -3.49. The lowest BCUT2D eigenvalue weighted by molar-refractivity contribution is -0.147. The fraction of sp³-hybridized carbons (Fsp3) is 0.625. The summed E-state index contributed by atoms with van der Waals surface area (Å²) in [5.74, 6) is -1.24.